The predicted octanol–water partition coefficient (Wildman–Crippen LogP) is 2.77. The number of methoxy groups -OCH3 is 1. The molecule has 1 aromatic carbocycles. The highest BCUT2D eigenvalue weighted by atomic mass is 19.1. The summed E-state index contributed by atoms with van der Waals surface area (Å²) < 4.78 is 20.4. The second-order valence-corrected chi connectivity index (χ2v) is 4.28. The fourth-order valence-corrected chi connectivity index (χ4v) is 1.90. The average Bonchev–Trinajstić information content (AvgIpc) is 2.86. The summed E-state index contributed by atoms with van der Waals surface area (Å²) in [6.45, 7) is 3.23. The second kappa shape index (κ2) is 6.33. The van der Waals surface area contributed by atoms with Crippen LogP contribution in [0, 0.1) is 12.7 Å². The smallest absolute Gasteiger partial charge is 0.207 e. The lowest BCUT2D eigenvalue weighted by atomic mass is 10.2. The Morgan fingerprint density at radius 3 is 3.05 bits per heavy atom. The van der Waals surface area contributed by atoms with Crippen molar-refractivity contribution >= 4 is 5.95 Å². The number of nitrogens with zero attached hydrogens (tertiary/aromatic N) is 2. The largest absolute Gasteiger partial charge is 0.385 e. The van der Waals surface area contributed by atoms with Gasteiger partial charge in [0.15, 0.2) is 0 Å². The van der Waals surface area contributed by atoms with Gasteiger partial charge in [0.25, 0.3) is 0 Å². The summed E-state index contributed by atoms with van der Waals surface area (Å²) in [6.07, 6.45) is 4.41. The van der Waals surface area contributed by atoms with Gasteiger partial charge >= 0.3 is 0 Å². The van der Waals surface area contributed by atoms with Crippen molar-refractivity contribution in [1.82, 2.24) is 9.55 Å². The van der Waals surface area contributed by atoms with Crippen LogP contribution in [0.15, 0.2) is 30.6 Å². The van der Waals surface area contributed by atoms with Gasteiger partial charge in [-0.05, 0) is 25.5 Å². The quantitative estimate of drug-likeness (QED) is 0.814. The Balaban J connectivity index is 2.17. The predicted molar refractivity (Wildman–Crippen MR) is 73.2 cm³/mol. The lowest BCUT2D eigenvalue weighted by Gasteiger charge is -2.12. The molecule has 0 radical (unpaired) electrons. The van der Waals surface area contributed by atoms with Gasteiger partial charge in [-0.2, -0.15) is 0 Å². The Labute approximate surface area is 112 Å². The highest BCUT2D eigenvalue weighted by molar-refractivity contribution is 5.47. The minimum atomic E-state index is -0.212. The number of anilines is 1. The van der Waals surface area contributed by atoms with Gasteiger partial charge in [0.1, 0.15) is 5.82 Å². The molecular weight excluding hydrogens is 245 g/mol. The van der Waals surface area contributed by atoms with Crippen molar-refractivity contribution in [2.45, 2.75) is 13.3 Å². The van der Waals surface area contributed by atoms with Crippen LogP contribution in [0.25, 0.3) is 5.69 Å². The number of hydrogen-bond donors (Lipinski definition) is 1. The molecule has 0 saturated heterocycles. The molecule has 102 valence electrons. The van der Waals surface area contributed by atoms with E-state index >= 15 is 0 Å². The van der Waals surface area contributed by atoms with Gasteiger partial charge in [-0.25, -0.2) is 9.37 Å². The van der Waals surface area contributed by atoms with Crippen molar-refractivity contribution in [2.75, 3.05) is 25.6 Å². The minimum absolute atomic E-state index is 0.212. The minimum Gasteiger partial charge on any atom is -0.385 e. The molecule has 1 aromatic heterocycles. The first-order valence-corrected chi connectivity index (χ1v) is 6.25. The first-order chi connectivity index (χ1) is 9.24. The molecule has 0 unspecified atom stereocenters. The molecule has 1 heterocycles. The number of benzene rings is 1. The number of nitrogens with one attached hydrogen (secondary N) is 1. The van der Waals surface area contributed by atoms with Crippen LogP contribution in [-0.2, 0) is 4.74 Å². The molecule has 0 fully saturated rings. The van der Waals surface area contributed by atoms with Gasteiger partial charge in [0, 0.05) is 38.2 Å². The molecule has 1 N–H and O–H groups in total. The molecule has 0 amide bonds. The van der Waals surface area contributed by atoms with E-state index in [9.17, 15) is 4.39 Å². The molecule has 0 saturated carbocycles. The number of hydrogen-bond acceptors (Lipinski definition) is 3. The zero-order valence-corrected chi connectivity index (χ0v) is 11.2. The Kier molecular flexibility index (Phi) is 4.52. The summed E-state index contributed by atoms with van der Waals surface area (Å²) in [6, 6.07) is 5.04. The summed E-state index contributed by atoms with van der Waals surface area (Å²) in [5.74, 6) is 0.501. The Morgan fingerprint density at radius 2 is 2.26 bits per heavy atom. The maximum atomic E-state index is 13.6. The van der Waals surface area contributed by atoms with Gasteiger partial charge in [-0.1, -0.05) is 6.07 Å². The number of ether oxygens (including phenoxy) is 1. The molecule has 0 bridgehead atoms. The highest BCUT2D eigenvalue weighted by Gasteiger charge is 2.09. The first kappa shape index (κ1) is 13.5. The average molecular weight is 263 g/mol. The Bertz CT molecular complexity index is 539. The zero-order valence-electron chi connectivity index (χ0n) is 11.2. The van der Waals surface area contributed by atoms with E-state index < -0.39 is 0 Å². The molecule has 2 rings (SSSR count). The van der Waals surface area contributed by atoms with Crippen molar-refractivity contribution in [3.8, 4) is 5.69 Å². The Morgan fingerprint density at radius 1 is 1.42 bits per heavy atom. The lowest BCUT2D eigenvalue weighted by Crippen LogP contribution is -2.10. The van der Waals surface area contributed by atoms with Crippen molar-refractivity contribution in [3.63, 3.8) is 0 Å². The van der Waals surface area contributed by atoms with E-state index in [0.29, 0.717) is 18.1 Å². The van der Waals surface area contributed by atoms with E-state index in [2.05, 4.69) is 10.3 Å². The summed E-state index contributed by atoms with van der Waals surface area (Å²) in [4.78, 5) is 4.25. The van der Waals surface area contributed by atoms with E-state index in [0.717, 1.165) is 18.7 Å². The summed E-state index contributed by atoms with van der Waals surface area (Å²) in [5, 5.41) is 3.22. The summed E-state index contributed by atoms with van der Waals surface area (Å²) in [5.41, 5.74) is 1.41. The number of rotatable bonds is 6. The van der Waals surface area contributed by atoms with Crippen molar-refractivity contribution in [2.24, 2.45) is 0 Å². The monoisotopic (exact) mass is 263 g/mol. The van der Waals surface area contributed by atoms with Crippen molar-refractivity contribution in [1.29, 1.82) is 0 Å². The van der Waals surface area contributed by atoms with Gasteiger partial charge in [-0.3, -0.25) is 4.57 Å². The van der Waals surface area contributed by atoms with Gasteiger partial charge in [0.05, 0.1) is 5.69 Å². The fourth-order valence-electron chi connectivity index (χ4n) is 1.90. The molecule has 0 aliphatic rings. The van der Waals surface area contributed by atoms with Crippen molar-refractivity contribution in [3.05, 3.63) is 42.0 Å². The maximum Gasteiger partial charge on any atom is 0.207 e. The first-order valence-electron chi connectivity index (χ1n) is 6.25. The lowest BCUT2D eigenvalue weighted by molar-refractivity contribution is 0.197. The van der Waals surface area contributed by atoms with E-state index in [1.807, 2.05) is 16.8 Å². The third kappa shape index (κ3) is 3.12. The van der Waals surface area contributed by atoms with E-state index in [4.69, 9.17) is 4.74 Å². The second-order valence-electron chi connectivity index (χ2n) is 4.28. The third-order valence-electron chi connectivity index (χ3n) is 2.95. The SMILES string of the molecule is COCCCNc1nccn1-c1cccc(F)c1C. The molecule has 19 heavy (non-hydrogen) atoms. The molecule has 0 aliphatic carbocycles. The van der Waals surface area contributed by atoms with E-state index in [1.54, 1.807) is 26.3 Å². The van der Waals surface area contributed by atoms with Crippen LogP contribution in [0.5, 0.6) is 0 Å². The van der Waals surface area contributed by atoms with Crippen molar-refractivity contribution < 1.29 is 9.13 Å². The standard InChI is InChI=1S/C14H18FN3O/c1-11-12(15)5-3-6-13(11)18-9-8-17-14(18)16-7-4-10-19-2/h3,5-6,8-9H,4,7,10H2,1-2H3,(H,16,17). The number of imidazole rings is 1. The van der Waals surface area contributed by atoms with E-state index in [-0.39, 0.29) is 5.82 Å². The van der Waals surface area contributed by atoms with Crippen LogP contribution in [0.1, 0.15) is 12.0 Å². The van der Waals surface area contributed by atoms with E-state index in [1.165, 1.54) is 6.07 Å². The molecule has 0 spiro atoms. The summed E-state index contributed by atoms with van der Waals surface area (Å²) in [7, 11) is 1.68. The highest BCUT2D eigenvalue weighted by Crippen LogP contribution is 2.20. The van der Waals surface area contributed by atoms with Gasteiger partial charge in [-0.15, -0.1) is 0 Å². The molecule has 0 atom stereocenters. The molecule has 5 heteroatoms. The molecular formula is C14H18FN3O. The fraction of sp³-hybridized carbons (Fsp3) is 0.357. The molecule has 2 aromatic rings. The number of halogens is 1. The normalized spacial score (nSPS) is 10.7. The zero-order chi connectivity index (χ0) is 13.7. The molecule has 4 nitrogen and oxygen atoms in total. The van der Waals surface area contributed by atoms with Crippen LogP contribution in [0.3, 0.4) is 0 Å². The van der Waals surface area contributed by atoms with Gasteiger partial charge < -0.3 is 10.1 Å². The summed E-state index contributed by atoms with van der Waals surface area (Å²) >= 11 is 0. The number of aromatic nitrogens is 2. The van der Waals surface area contributed by atoms with Crippen LogP contribution in [0.2, 0.25) is 0 Å². The topological polar surface area (TPSA) is 39.1 Å². The third-order valence-corrected chi connectivity index (χ3v) is 2.95. The van der Waals surface area contributed by atoms with Gasteiger partial charge in [0.2, 0.25) is 5.95 Å². The molecule has 0 aliphatic heterocycles. The Hall–Kier alpha value is -1.88. The van der Waals surface area contributed by atoms with Crippen LogP contribution >= 0.6 is 0 Å². The van der Waals surface area contributed by atoms with Crippen LogP contribution in [-0.4, -0.2) is 29.8 Å². The van der Waals surface area contributed by atoms with Crippen LogP contribution in [0.4, 0.5) is 10.3 Å². The van der Waals surface area contributed by atoms with Crippen LogP contribution < -0.4 is 5.32 Å². The maximum absolute atomic E-state index is 13.6.